The number of rotatable bonds is 5. The molecule has 1 unspecified atom stereocenters. The van der Waals surface area contributed by atoms with Crippen molar-refractivity contribution in [1.29, 1.82) is 0 Å². The van der Waals surface area contributed by atoms with Crippen LogP contribution in [0.15, 0.2) is 24.5 Å². The van der Waals surface area contributed by atoms with Gasteiger partial charge >= 0.3 is 0 Å². The molecule has 2 fully saturated rings. The van der Waals surface area contributed by atoms with Gasteiger partial charge < -0.3 is 15.4 Å². The van der Waals surface area contributed by atoms with E-state index in [0.717, 1.165) is 48.4 Å². The number of piperidine rings is 1. The molecule has 1 saturated carbocycles. The number of carbonyl (C=O) groups is 1. The van der Waals surface area contributed by atoms with Gasteiger partial charge in [0.25, 0.3) is 5.91 Å². The third-order valence-corrected chi connectivity index (χ3v) is 5.37. The maximum absolute atomic E-state index is 14.1. The number of aryl methyl sites for hydroxylation is 2. The first-order valence-corrected chi connectivity index (χ1v) is 9.77. The van der Waals surface area contributed by atoms with Crippen LogP contribution in [0.3, 0.4) is 0 Å². The molecule has 1 aliphatic carbocycles. The molecule has 28 heavy (non-hydrogen) atoms. The van der Waals surface area contributed by atoms with Crippen LogP contribution in [0.5, 0.6) is 5.75 Å². The van der Waals surface area contributed by atoms with E-state index in [1.807, 2.05) is 26.0 Å². The topological polar surface area (TPSA) is 76.1 Å². The van der Waals surface area contributed by atoms with Gasteiger partial charge in [0.1, 0.15) is 18.2 Å². The smallest absolute Gasteiger partial charge is 0.262 e. The van der Waals surface area contributed by atoms with Crippen molar-refractivity contribution in [3.8, 4) is 16.9 Å². The first-order chi connectivity index (χ1) is 13.5. The Kier molecular flexibility index (Phi) is 5.02. The Hall–Kier alpha value is -2.54. The van der Waals surface area contributed by atoms with Crippen LogP contribution in [0.4, 0.5) is 10.1 Å². The fourth-order valence-corrected chi connectivity index (χ4v) is 3.57. The van der Waals surface area contributed by atoms with Gasteiger partial charge in [-0.1, -0.05) is 0 Å². The molecule has 0 bridgehead atoms. The highest BCUT2D eigenvalue weighted by molar-refractivity contribution is 6.00. The number of hydrogen-bond donors (Lipinski definition) is 2. The highest BCUT2D eigenvalue weighted by Crippen LogP contribution is 2.41. The van der Waals surface area contributed by atoms with Gasteiger partial charge in [-0.2, -0.15) is 0 Å². The van der Waals surface area contributed by atoms with E-state index in [2.05, 4.69) is 20.6 Å². The van der Waals surface area contributed by atoms with Crippen molar-refractivity contribution in [1.82, 2.24) is 15.3 Å². The highest BCUT2D eigenvalue weighted by atomic mass is 19.1. The lowest BCUT2D eigenvalue weighted by Gasteiger charge is -2.26. The molecule has 6 nitrogen and oxygen atoms in total. The molecule has 2 N–H and O–H groups in total. The molecule has 148 valence electrons. The van der Waals surface area contributed by atoms with Gasteiger partial charge in [0.15, 0.2) is 5.67 Å². The lowest BCUT2D eigenvalue weighted by atomic mass is 10.0. The summed E-state index contributed by atoms with van der Waals surface area (Å²) in [4.78, 5) is 20.8. The zero-order valence-corrected chi connectivity index (χ0v) is 16.2. The number of benzene rings is 1. The quantitative estimate of drug-likeness (QED) is 0.827. The van der Waals surface area contributed by atoms with E-state index in [0.29, 0.717) is 11.4 Å². The van der Waals surface area contributed by atoms with E-state index in [1.54, 1.807) is 6.07 Å². The lowest BCUT2D eigenvalue weighted by molar-refractivity contribution is -0.122. The molecule has 4 rings (SSSR count). The number of anilines is 1. The molecular weight excluding hydrogens is 359 g/mol. The third kappa shape index (κ3) is 3.85. The number of carbonyl (C=O) groups excluding carboxylic acids is 1. The highest BCUT2D eigenvalue weighted by Gasteiger charge is 2.50. The van der Waals surface area contributed by atoms with Gasteiger partial charge in [-0.15, -0.1) is 0 Å². The Morgan fingerprint density at radius 1 is 1.29 bits per heavy atom. The minimum atomic E-state index is -1.72. The monoisotopic (exact) mass is 384 g/mol. The van der Waals surface area contributed by atoms with E-state index < -0.39 is 11.6 Å². The molecule has 1 atom stereocenters. The van der Waals surface area contributed by atoms with Gasteiger partial charge in [0, 0.05) is 34.7 Å². The van der Waals surface area contributed by atoms with Crippen molar-refractivity contribution >= 4 is 11.6 Å². The summed E-state index contributed by atoms with van der Waals surface area (Å²) in [7, 11) is 0. The molecule has 1 aliphatic heterocycles. The number of nitrogens with zero attached hydrogens (tertiary/aromatic N) is 2. The zero-order valence-electron chi connectivity index (χ0n) is 16.2. The van der Waals surface area contributed by atoms with E-state index in [4.69, 9.17) is 4.74 Å². The molecule has 1 aromatic carbocycles. The number of ether oxygens (including phenoxy) is 1. The molecule has 0 spiro atoms. The maximum atomic E-state index is 14.1. The standard InChI is InChI=1S/C21H25FN4O2/c1-13-19(14(2)25-12-24-13)17-10-15(26-20(27)21(22)7-8-21)5-6-18(17)28-16-4-3-9-23-11-16/h5-6,10,12,16,23H,3-4,7-9,11H2,1-2H3,(H,26,27). The first-order valence-electron chi connectivity index (χ1n) is 9.77. The van der Waals surface area contributed by atoms with Crippen LogP contribution >= 0.6 is 0 Å². The van der Waals surface area contributed by atoms with Gasteiger partial charge in [-0.25, -0.2) is 14.4 Å². The second kappa shape index (κ2) is 7.47. The molecule has 2 heterocycles. The van der Waals surface area contributed by atoms with Crippen LogP contribution in [0.2, 0.25) is 0 Å². The van der Waals surface area contributed by atoms with E-state index in [9.17, 15) is 9.18 Å². The predicted octanol–water partition coefficient (Wildman–Crippen LogP) is 3.33. The van der Waals surface area contributed by atoms with Crippen molar-refractivity contribution in [3.63, 3.8) is 0 Å². The van der Waals surface area contributed by atoms with Gasteiger partial charge in [0.05, 0.1) is 0 Å². The predicted molar refractivity (Wildman–Crippen MR) is 105 cm³/mol. The molecule has 1 saturated heterocycles. The summed E-state index contributed by atoms with van der Waals surface area (Å²) in [6.07, 6.45) is 4.24. The Morgan fingerprint density at radius 2 is 2.04 bits per heavy atom. The number of amides is 1. The van der Waals surface area contributed by atoms with Crippen LogP contribution < -0.4 is 15.4 Å². The van der Waals surface area contributed by atoms with Crippen molar-refractivity contribution in [2.75, 3.05) is 18.4 Å². The number of alkyl halides is 1. The second-order valence-corrected chi connectivity index (χ2v) is 7.64. The van der Waals surface area contributed by atoms with Crippen LogP contribution in [-0.2, 0) is 4.79 Å². The van der Waals surface area contributed by atoms with Crippen molar-refractivity contribution < 1.29 is 13.9 Å². The van der Waals surface area contributed by atoms with Gasteiger partial charge in [-0.05, 0) is 64.3 Å². The second-order valence-electron chi connectivity index (χ2n) is 7.64. The maximum Gasteiger partial charge on any atom is 0.262 e. The van der Waals surface area contributed by atoms with Crippen molar-refractivity contribution in [3.05, 3.63) is 35.9 Å². The van der Waals surface area contributed by atoms with E-state index >= 15 is 0 Å². The summed E-state index contributed by atoms with van der Waals surface area (Å²) < 4.78 is 20.3. The summed E-state index contributed by atoms with van der Waals surface area (Å²) >= 11 is 0. The lowest BCUT2D eigenvalue weighted by Crippen LogP contribution is -2.37. The Balaban J connectivity index is 1.69. The van der Waals surface area contributed by atoms with E-state index in [-0.39, 0.29) is 18.9 Å². The first kappa shape index (κ1) is 18.8. The summed E-state index contributed by atoms with van der Waals surface area (Å²) in [6.45, 7) is 5.64. The zero-order chi connectivity index (χ0) is 19.7. The van der Waals surface area contributed by atoms with Crippen LogP contribution in [0, 0.1) is 13.8 Å². The molecule has 7 heteroatoms. The molecule has 0 radical (unpaired) electrons. The minimum Gasteiger partial charge on any atom is -0.488 e. The number of nitrogens with one attached hydrogen (secondary N) is 2. The minimum absolute atomic E-state index is 0.0822. The van der Waals surface area contributed by atoms with E-state index in [1.165, 1.54) is 6.33 Å². The third-order valence-electron chi connectivity index (χ3n) is 5.37. The SMILES string of the molecule is Cc1ncnc(C)c1-c1cc(NC(=O)C2(F)CC2)ccc1OC1CCCNC1. The molecular formula is C21H25FN4O2. The summed E-state index contributed by atoms with van der Waals surface area (Å²) in [5.41, 5.74) is 2.16. The van der Waals surface area contributed by atoms with Gasteiger partial charge in [0.2, 0.25) is 0 Å². The largest absolute Gasteiger partial charge is 0.488 e. The number of halogens is 1. The molecule has 2 aromatic rings. The fourth-order valence-electron chi connectivity index (χ4n) is 3.57. The molecule has 1 amide bonds. The normalized spacial score (nSPS) is 20.5. The molecule has 1 aromatic heterocycles. The number of aromatic nitrogens is 2. The summed E-state index contributed by atoms with van der Waals surface area (Å²) in [6, 6.07) is 5.42. The van der Waals surface area contributed by atoms with Gasteiger partial charge in [-0.3, -0.25) is 4.79 Å². The van der Waals surface area contributed by atoms with Crippen molar-refractivity contribution in [2.45, 2.75) is 51.3 Å². The number of hydrogen-bond acceptors (Lipinski definition) is 5. The Morgan fingerprint density at radius 3 is 2.68 bits per heavy atom. The Labute approximate surface area is 163 Å². The van der Waals surface area contributed by atoms with Crippen LogP contribution in [-0.4, -0.2) is 40.7 Å². The fraction of sp³-hybridized carbons (Fsp3) is 0.476. The molecule has 2 aliphatic rings. The van der Waals surface area contributed by atoms with Crippen molar-refractivity contribution in [2.24, 2.45) is 0 Å². The van der Waals surface area contributed by atoms with Crippen LogP contribution in [0.1, 0.15) is 37.1 Å². The summed E-state index contributed by atoms with van der Waals surface area (Å²) in [5.74, 6) is 0.135. The average molecular weight is 384 g/mol. The average Bonchev–Trinajstić information content (AvgIpc) is 3.43. The van der Waals surface area contributed by atoms with Crippen LogP contribution in [0.25, 0.3) is 11.1 Å². The Bertz CT molecular complexity index is 872. The summed E-state index contributed by atoms with van der Waals surface area (Å²) in [5, 5.41) is 6.05.